The number of carbonyl (C=O) groups excluding carboxylic acids is 5. The molecule has 0 saturated carbocycles. The lowest BCUT2D eigenvalue weighted by atomic mass is 9.84. The van der Waals surface area contributed by atoms with Crippen LogP contribution in [0.2, 0.25) is 0 Å². The Morgan fingerprint density at radius 2 is 1.25 bits per heavy atom. The Bertz CT molecular complexity index is 1490. The van der Waals surface area contributed by atoms with Gasteiger partial charge in [0.25, 0.3) is 0 Å². The number of nitrogens with one attached hydrogen (secondary N) is 3. The molecule has 2 aliphatic rings. The van der Waals surface area contributed by atoms with Gasteiger partial charge in [-0.25, -0.2) is 18.0 Å². The summed E-state index contributed by atoms with van der Waals surface area (Å²) in [7, 11) is -3.97. The first-order valence-electron chi connectivity index (χ1n) is 19.9. The lowest BCUT2D eigenvalue weighted by Gasteiger charge is -2.34. The Hall–Kier alpha value is -3.92. The van der Waals surface area contributed by atoms with E-state index < -0.39 is 39.1 Å². The lowest BCUT2D eigenvalue weighted by molar-refractivity contribution is -0.145. The zero-order valence-corrected chi connectivity index (χ0v) is 35.2. The molecule has 2 aliphatic heterocycles. The molecule has 0 unspecified atom stereocenters. The predicted octanol–water partition coefficient (Wildman–Crippen LogP) is 4.74. The topological polar surface area (TPSA) is 190 Å². The minimum atomic E-state index is -3.97. The number of sulfonamides is 1. The molecule has 4 amide bonds. The number of amides is 4. The second-order valence-corrected chi connectivity index (χ2v) is 18.6. The summed E-state index contributed by atoms with van der Waals surface area (Å²) < 4.78 is 44.2. The third-order valence-electron chi connectivity index (χ3n) is 9.77. The summed E-state index contributed by atoms with van der Waals surface area (Å²) in [4.78, 5) is 67.8. The molecule has 316 valence electrons. The van der Waals surface area contributed by atoms with Crippen LogP contribution in [0.4, 0.5) is 9.59 Å². The zero-order chi connectivity index (χ0) is 41.5. The van der Waals surface area contributed by atoms with Crippen molar-refractivity contribution in [2.24, 2.45) is 17.8 Å². The number of esters is 1. The Kier molecular flexibility index (Phi) is 17.9. The van der Waals surface area contributed by atoms with Gasteiger partial charge in [0, 0.05) is 38.6 Å². The van der Waals surface area contributed by atoms with Gasteiger partial charge in [-0.1, -0.05) is 30.3 Å². The summed E-state index contributed by atoms with van der Waals surface area (Å²) in [5.74, 6) is -1.75. The Balaban J connectivity index is 1.57. The molecule has 56 heavy (non-hydrogen) atoms. The van der Waals surface area contributed by atoms with Crippen molar-refractivity contribution in [2.45, 2.75) is 123 Å². The van der Waals surface area contributed by atoms with Crippen molar-refractivity contribution < 1.29 is 46.6 Å². The van der Waals surface area contributed by atoms with Gasteiger partial charge in [-0.2, -0.15) is 4.72 Å². The van der Waals surface area contributed by atoms with Crippen LogP contribution in [0.1, 0.15) is 105 Å². The monoisotopic (exact) mass is 807 g/mol. The normalized spacial score (nSPS) is 16.6. The number of rotatable bonds is 17. The molecule has 1 aromatic carbocycles. The molecule has 1 aromatic rings. The standard InChI is InChI=1S/C40H65N5O10S/c1-8-53-36(48)33(43-56(51,52)28-31-12-10-9-11-13-31)26-41-34(46)27-42-35(47)32(16-14-29-18-22-44(23-19-29)37(49)54-39(2,3)4)17-15-30-20-24-45(25-21-30)38(50)55-40(5,6)7/h9-13,29-30,32-33,43H,8,14-28H2,1-7H3,(H,41,46)(H,42,47)/t33-/m0/s1. The maximum atomic E-state index is 13.6. The fraction of sp³-hybridized carbons (Fsp3) is 0.725. The smallest absolute Gasteiger partial charge is 0.410 e. The number of likely N-dealkylation sites (tertiary alicyclic amines) is 2. The number of hydrogen-bond donors (Lipinski definition) is 3. The van der Waals surface area contributed by atoms with Crippen molar-refractivity contribution in [1.29, 1.82) is 0 Å². The molecule has 2 heterocycles. The summed E-state index contributed by atoms with van der Waals surface area (Å²) in [5, 5.41) is 5.32. The van der Waals surface area contributed by atoms with Crippen LogP contribution < -0.4 is 15.4 Å². The van der Waals surface area contributed by atoms with Crippen LogP contribution in [0.25, 0.3) is 0 Å². The summed E-state index contributed by atoms with van der Waals surface area (Å²) in [6, 6.07) is 7.13. The Morgan fingerprint density at radius 3 is 1.70 bits per heavy atom. The lowest BCUT2D eigenvalue weighted by Crippen LogP contribution is -2.50. The van der Waals surface area contributed by atoms with Crippen molar-refractivity contribution in [2.75, 3.05) is 45.9 Å². The van der Waals surface area contributed by atoms with E-state index in [0.29, 0.717) is 56.4 Å². The van der Waals surface area contributed by atoms with Gasteiger partial charge in [0.15, 0.2) is 0 Å². The van der Waals surface area contributed by atoms with E-state index in [1.54, 1.807) is 47.1 Å². The second kappa shape index (κ2) is 21.6. The molecule has 3 N–H and O–H groups in total. The highest BCUT2D eigenvalue weighted by Crippen LogP contribution is 2.30. The predicted molar refractivity (Wildman–Crippen MR) is 212 cm³/mol. The number of nitrogens with zero attached hydrogens (tertiary/aromatic N) is 2. The molecule has 1 atom stereocenters. The van der Waals surface area contributed by atoms with Gasteiger partial charge in [0.05, 0.1) is 18.9 Å². The Morgan fingerprint density at radius 1 is 0.768 bits per heavy atom. The first kappa shape index (κ1) is 46.5. The minimum absolute atomic E-state index is 0.0207. The molecule has 0 spiro atoms. The summed E-state index contributed by atoms with van der Waals surface area (Å²) in [6.07, 6.45) is 5.36. The van der Waals surface area contributed by atoms with Crippen LogP contribution >= 0.6 is 0 Å². The number of ether oxygens (including phenoxy) is 3. The molecule has 2 saturated heterocycles. The molecule has 0 aromatic heterocycles. The van der Waals surface area contributed by atoms with Gasteiger partial charge < -0.3 is 34.6 Å². The van der Waals surface area contributed by atoms with E-state index in [1.165, 1.54) is 0 Å². The van der Waals surface area contributed by atoms with Gasteiger partial charge in [-0.05, 0) is 117 Å². The largest absolute Gasteiger partial charge is 0.465 e. The van der Waals surface area contributed by atoms with E-state index in [4.69, 9.17) is 14.2 Å². The van der Waals surface area contributed by atoms with Crippen molar-refractivity contribution in [3.8, 4) is 0 Å². The van der Waals surface area contributed by atoms with Gasteiger partial charge in [-0.15, -0.1) is 0 Å². The van der Waals surface area contributed by atoms with Crippen molar-refractivity contribution in [3.05, 3.63) is 35.9 Å². The highest BCUT2D eigenvalue weighted by molar-refractivity contribution is 7.88. The van der Waals surface area contributed by atoms with Crippen molar-refractivity contribution >= 4 is 40.0 Å². The zero-order valence-electron chi connectivity index (χ0n) is 34.4. The highest BCUT2D eigenvalue weighted by atomic mass is 32.2. The number of hydrogen-bond acceptors (Lipinski definition) is 10. The number of piperidine rings is 2. The number of carbonyl (C=O) groups is 5. The third kappa shape index (κ3) is 17.5. The summed E-state index contributed by atoms with van der Waals surface area (Å²) >= 11 is 0. The molecule has 3 rings (SSSR count). The highest BCUT2D eigenvalue weighted by Gasteiger charge is 2.31. The summed E-state index contributed by atoms with van der Waals surface area (Å²) in [5.41, 5.74) is -0.609. The van der Waals surface area contributed by atoms with E-state index in [1.807, 2.05) is 41.5 Å². The molecular weight excluding hydrogens is 743 g/mol. The van der Waals surface area contributed by atoms with Crippen LogP contribution in [0, 0.1) is 17.8 Å². The van der Waals surface area contributed by atoms with Crippen LogP contribution in [0.15, 0.2) is 30.3 Å². The maximum Gasteiger partial charge on any atom is 0.410 e. The summed E-state index contributed by atoms with van der Waals surface area (Å²) in [6.45, 7) is 14.3. The van der Waals surface area contributed by atoms with Gasteiger partial charge in [0.2, 0.25) is 21.8 Å². The second-order valence-electron chi connectivity index (χ2n) is 16.9. The molecular formula is C40H65N5O10S. The average Bonchev–Trinajstić information content (AvgIpc) is 3.11. The van der Waals surface area contributed by atoms with Crippen LogP contribution in [-0.4, -0.2) is 111 Å². The van der Waals surface area contributed by atoms with Gasteiger partial charge >= 0.3 is 18.2 Å². The number of benzene rings is 1. The molecule has 0 aliphatic carbocycles. The molecule has 16 heteroatoms. The van der Waals surface area contributed by atoms with E-state index in [9.17, 15) is 32.4 Å². The molecule has 15 nitrogen and oxygen atoms in total. The van der Waals surface area contributed by atoms with E-state index in [2.05, 4.69) is 15.4 Å². The van der Waals surface area contributed by atoms with Gasteiger partial charge in [0.1, 0.15) is 17.2 Å². The van der Waals surface area contributed by atoms with Crippen LogP contribution in [0.5, 0.6) is 0 Å². The van der Waals surface area contributed by atoms with E-state index >= 15 is 0 Å². The van der Waals surface area contributed by atoms with Crippen LogP contribution in [-0.2, 0) is 44.4 Å². The molecule has 0 bridgehead atoms. The molecule has 2 fully saturated rings. The Labute approximate surface area is 333 Å². The maximum absolute atomic E-state index is 13.6. The minimum Gasteiger partial charge on any atom is -0.465 e. The van der Waals surface area contributed by atoms with Crippen LogP contribution in [0.3, 0.4) is 0 Å². The van der Waals surface area contributed by atoms with Gasteiger partial charge in [-0.3, -0.25) is 14.4 Å². The SMILES string of the molecule is CCOC(=O)[C@H](CNC(=O)CNC(=O)C(CCC1CCN(C(=O)OC(C)(C)C)CC1)CCC1CCN(C(=O)OC(C)(C)C)CC1)NS(=O)(=O)Cc1ccccc1. The van der Waals surface area contributed by atoms with E-state index in [0.717, 1.165) is 38.5 Å². The van der Waals surface area contributed by atoms with Crippen molar-refractivity contribution in [3.63, 3.8) is 0 Å². The van der Waals surface area contributed by atoms with Crippen molar-refractivity contribution in [1.82, 2.24) is 25.2 Å². The molecule has 0 radical (unpaired) electrons. The fourth-order valence-corrected chi connectivity index (χ4v) is 8.13. The van der Waals surface area contributed by atoms with E-state index in [-0.39, 0.29) is 49.5 Å². The first-order valence-corrected chi connectivity index (χ1v) is 21.6. The quantitative estimate of drug-likeness (QED) is 0.147. The first-order chi connectivity index (χ1) is 26.2. The third-order valence-corrected chi connectivity index (χ3v) is 11.1. The fourth-order valence-electron chi connectivity index (χ4n) is 6.80. The average molecular weight is 808 g/mol.